The fourth-order valence-corrected chi connectivity index (χ4v) is 5.39. The van der Waals surface area contributed by atoms with E-state index in [1.165, 1.54) is 30.6 Å². The van der Waals surface area contributed by atoms with E-state index in [0.717, 1.165) is 17.3 Å². The van der Waals surface area contributed by atoms with Crippen LogP contribution >= 0.6 is 0 Å². The maximum atomic E-state index is 14.0. The predicted octanol–water partition coefficient (Wildman–Crippen LogP) is 6.83. The molecule has 4 aromatic carbocycles. The summed E-state index contributed by atoms with van der Waals surface area (Å²) in [6.45, 7) is 2.10. The number of fused-ring (bicyclic) bond motifs is 2. The number of aryl methyl sites for hydroxylation is 1. The number of rotatable bonds is 9. The van der Waals surface area contributed by atoms with E-state index < -0.39 is 23.0 Å². The summed E-state index contributed by atoms with van der Waals surface area (Å²) in [6, 6.07) is 22.7. The number of nitrogens with zero attached hydrogens (tertiary/aromatic N) is 2. The van der Waals surface area contributed by atoms with Crippen LogP contribution in [0.25, 0.3) is 0 Å². The zero-order chi connectivity index (χ0) is 32.3. The van der Waals surface area contributed by atoms with Crippen molar-refractivity contribution in [3.63, 3.8) is 0 Å². The summed E-state index contributed by atoms with van der Waals surface area (Å²) >= 11 is 0. The molecule has 0 bridgehead atoms. The Labute approximate surface area is 263 Å². The summed E-state index contributed by atoms with van der Waals surface area (Å²) in [5.41, 5.74) is 3.78. The van der Waals surface area contributed by atoms with Crippen LogP contribution in [0.2, 0.25) is 0 Å². The number of carbonyl (C=O) groups excluding carboxylic acids is 2. The third kappa shape index (κ3) is 6.48. The number of anilines is 5. The Morgan fingerprint density at radius 2 is 1.76 bits per heavy atom. The summed E-state index contributed by atoms with van der Waals surface area (Å²) in [6.07, 6.45) is 3.89. The van der Waals surface area contributed by atoms with Crippen molar-refractivity contribution >= 4 is 40.4 Å². The molecule has 2 amide bonds. The monoisotopic (exact) mass is 620 g/mol. The topological polar surface area (TPSA) is 128 Å². The Balaban J connectivity index is 1.29. The van der Waals surface area contributed by atoms with Gasteiger partial charge in [-0.25, -0.2) is 18.7 Å². The van der Waals surface area contributed by atoms with Gasteiger partial charge >= 0.3 is 0 Å². The average Bonchev–Trinajstić information content (AvgIpc) is 3.19. The number of carbonyl (C=O) groups is 2. The van der Waals surface area contributed by atoms with Crippen LogP contribution in [0.4, 0.5) is 37.3 Å². The molecule has 0 fully saturated rings. The second kappa shape index (κ2) is 12.6. The zero-order valence-electron chi connectivity index (χ0n) is 24.8. The summed E-state index contributed by atoms with van der Waals surface area (Å²) in [5.74, 6) is -2.14. The normalized spacial score (nSPS) is 13.2. The molecule has 0 radical (unpaired) electrons. The molecule has 9 nitrogen and oxygen atoms in total. The summed E-state index contributed by atoms with van der Waals surface area (Å²) in [5, 5.41) is 22.7. The average molecular weight is 621 g/mol. The summed E-state index contributed by atoms with van der Waals surface area (Å²) in [7, 11) is 0. The van der Waals surface area contributed by atoms with Crippen LogP contribution in [-0.4, -0.2) is 33.4 Å². The van der Waals surface area contributed by atoms with E-state index in [9.17, 15) is 23.5 Å². The molecule has 46 heavy (non-hydrogen) atoms. The van der Waals surface area contributed by atoms with E-state index in [4.69, 9.17) is 0 Å². The minimum Gasteiger partial charge on any atom is -0.507 e. The molecule has 1 aliphatic rings. The van der Waals surface area contributed by atoms with Crippen molar-refractivity contribution in [3.8, 4) is 5.75 Å². The molecule has 1 aromatic heterocycles. The van der Waals surface area contributed by atoms with Crippen LogP contribution in [0.15, 0.2) is 97.5 Å². The number of amides is 2. The number of aromatic hydroxyl groups is 1. The quantitative estimate of drug-likeness (QED) is 0.122. The first-order chi connectivity index (χ1) is 22.2. The first-order valence-corrected chi connectivity index (χ1v) is 14.6. The van der Waals surface area contributed by atoms with E-state index in [-0.39, 0.29) is 23.8 Å². The first kappa shape index (κ1) is 30.2. The van der Waals surface area contributed by atoms with E-state index in [1.54, 1.807) is 36.5 Å². The highest BCUT2D eigenvalue weighted by Crippen LogP contribution is 2.38. The van der Waals surface area contributed by atoms with Gasteiger partial charge in [0.2, 0.25) is 0 Å². The molecule has 2 heterocycles. The summed E-state index contributed by atoms with van der Waals surface area (Å²) in [4.78, 5) is 34.5. The van der Waals surface area contributed by atoms with Gasteiger partial charge in [-0.1, -0.05) is 31.2 Å². The van der Waals surface area contributed by atoms with Gasteiger partial charge in [0, 0.05) is 23.8 Å². The number of halogens is 2. The van der Waals surface area contributed by atoms with Gasteiger partial charge in [0.1, 0.15) is 17.9 Å². The number of hydrogen-bond acceptors (Lipinski definition) is 7. The smallest absolute Gasteiger partial charge is 0.257 e. The molecular formula is C35H30F2N6O3. The minimum atomic E-state index is -0.930. The third-order valence-corrected chi connectivity index (χ3v) is 8.09. The number of para-hydroxylation sites is 1. The van der Waals surface area contributed by atoms with Gasteiger partial charge in [-0.05, 0) is 84.6 Å². The Morgan fingerprint density at radius 1 is 0.913 bits per heavy atom. The van der Waals surface area contributed by atoms with Crippen molar-refractivity contribution < 1.29 is 23.5 Å². The van der Waals surface area contributed by atoms with Crippen LogP contribution in [0.1, 0.15) is 45.2 Å². The number of nitrogens with one attached hydrogen (secondary N) is 4. The fourth-order valence-electron chi connectivity index (χ4n) is 5.39. The fraction of sp³-hybridized carbons (Fsp3) is 0.143. The SMILES string of the molecule is CC(CCc1ccc(F)c(F)c1)(CNC(=O)c1ccccc1O)c1ccc2c(c1)NC(=O)c1ccc(Nc3ccncn3)cc1N2. The van der Waals surface area contributed by atoms with Crippen molar-refractivity contribution in [1.82, 2.24) is 15.3 Å². The molecule has 0 saturated carbocycles. The van der Waals surface area contributed by atoms with Gasteiger partial charge in [-0.2, -0.15) is 0 Å². The lowest BCUT2D eigenvalue weighted by atomic mass is 9.77. The molecule has 1 aliphatic heterocycles. The maximum Gasteiger partial charge on any atom is 0.257 e. The third-order valence-electron chi connectivity index (χ3n) is 8.09. The van der Waals surface area contributed by atoms with E-state index in [0.29, 0.717) is 46.8 Å². The van der Waals surface area contributed by atoms with Gasteiger partial charge in [0.25, 0.3) is 11.8 Å². The van der Waals surface area contributed by atoms with Crippen LogP contribution in [-0.2, 0) is 11.8 Å². The highest BCUT2D eigenvalue weighted by atomic mass is 19.2. The van der Waals surface area contributed by atoms with Gasteiger partial charge in [-0.3, -0.25) is 9.59 Å². The number of phenols is 1. The standard InChI is InChI=1S/C35H30F2N6O3/c1-35(14-12-21-6-10-26(36)27(37)16-21,19-39-33(45)25-4-2-3-5-31(25)44)22-7-11-28-30(17-22)43-34(46)24-9-8-23(18-29(24)42-28)41-32-13-15-38-20-40-32/h2-11,13,15-18,20,42,44H,12,14,19H2,1H3,(H,39,45)(H,43,46)(H,38,40,41). The predicted molar refractivity (Wildman–Crippen MR) is 172 cm³/mol. The molecule has 0 aliphatic carbocycles. The molecule has 5 N–H and O–H groups in total. The molecule has 11 heteroatoms. The van der Waals surface area contributed by atoms with E-state index >= 15 is 0 Å². The highest BCUT2D eigenvalue weighted by molar-refractivity contribution is 6.12. The van der Waals surface area contributed by atoms with Gasteiger partial charge in [0.15, 0.2) is 11.6 Å². The second-order valence-corrected chi connectivity index (χ2v) is 11.3. The van der Waals surface area contributed by atoms with Crippen molar-refractivity contribution in [1.29, 1.82) is 0 Å². The zero-order valence-corrected chi connectivity index (χ0v) is 24.8. The van der Waals surface area contributed by atoms with Crippen LogP contribution < -0.4 is 21.3 Å². The largest absolute Gasteiger partial charge is 0.507 e. The number of hydrogen-bond donors (Lipinski definition) is 5. The molecule has 0 spiro atoms. The lowest BCUT2D eigenvalue weighted by molar-refractivity contribution is 0.0940. The Hall–Kier alpha value is -5.84. The van der Waals surface area contributed by atoms with Crippen molar-refractivity contribution in [2.75, 3.05) is 22.5 Å². The Kier molecular flexibility index (Phi) is 8.30. The molecule has 6 rings (SSSR count). The van der Waals surface area contributed by atoms with Gasteiger partial charge < -0.3 is 26.4 Å². The minimum absolute atomic E-state index is 0.134. The lowest BCUT2D eigenvalue weighted by Crippen LogP contribution is -2.39. The maximum absolute atomic E-state index is 14.0. The molecule has 1 unspecified atom stereocenters. The van der Waals surface area contributed by atoms with Crippen molar-refractivity contribution in [3.05, 3.63) is 131 Å². The van der Waals surface area contributed by atoms with E-state index in [1.807, 2.05) is 31.2 Å². The number of phenolic OH excluding ortho intramolecular Hbond substituents is 1. The first-order valence-electron chi connectivity index (χ1n) is 14.6. The van der Waals surface area contributed by atoms with E-state index in [2.05, 4.69) is 31.2 Å². The van der Waals surface area contributed by atoms with Gasteiger partial charge in [0.05, 0.1) is 28.2 Å². The number of benzene rings is 4. The van der Waals surface area contributed by atoms with Gasteiger partial charge in [-0.15, -0.1) is 0 Å². The highest BCUT2D eigenvalue weighted by Gasteiger charge is 2.30. The van der Waals surface area contributed by atoms with Crippen LogP contribution in [0.3, 0.4) is 0 Å². The second-order valence-electron chi connectivity index (χ2n) is 11.3. The Bertz CT molecular complexity index is 1940. The molecule has 0 saturated heterocycles. The van der Waals surface area contributed by atoms with Crippen LogP contribution in [0.5, 0.6) is 5.75 Å². The van der Waals surface area contributed by atoms with Crippen LogP contribution in [0, 0.1) is 11.6 Å². The number of aromatic nitrogens is 2. The molecular weight excluding hydrogens is 590 g/mol. The summed E-state index contributed by atoms with van der Waals surface area (Å²) < 4.78 is 27.6. The molecule has 1 atom stereocenters. The van der Waals surface area contributed by atoms with Crippen molar-refractivity contribution in [2.24, 2.45) is 0 Å². The molecule has 5 aromatic rings. The molecule has 232 valence electrons. The van der Waals surface area contributed by atoms with Crippen molar-refractivity contribution in [2.45, 2.75) is 25.2 Å². The lowest BCUT2D eigenvalue weighted by Gasteiger charge is -2.32. The Morgan fingerprint density at radius 3 is 2.54 bits per heavy atom.